The fraction of sp³-hybridized carbons (Fsp3) is 0.571. The minimum absolute atomic E-state index is 0.113. The predicted octanol–water partition coefficient (Wildman–Crippen LogP) is 2.68. The van der Waals surface area contributed by atoms with Gasteiger partial charge in [-0.05, 0) is 44.4 Å². The third-order valence-electron chi connectivity index (χ3n) is 4.16. The summed E-state index contributed by atoms with van der Waals surface area (Å²) in [6.45, 7) is 3.64. The van der Waals surface area contributed by atoms with E-state index in [9.17, 15) is 15.3 Å². The topological polar surface area (TPSA) is 60.7 Å². The van der Waals surface area contributed by atoms with Gasteiger partial charge in [-0.3, -0.25) is 0 Å². The number of rotatable bonds is 2. The van der Waals surface area contributed by atoms with E-state index in [4.69, 9.17) is 0 Å². The zero-order valence-corrected chi connectivity index (χ0v) is 10.4. The molecule has 94 valence electrons. The van der Waals surface area contributed by atoms with Crippen LogP contribution in [0.2, 0.25) is 0 Å². The first kappa shape index (κ1) is 12.2. The molecule has 1 aromatic rings. The highest BCUT2D eigenvalue weighted by molar-refractivity contribution is 5.44. The van der Waals surface area contributed by atoms with Crippen LogP contribution in [0.1, 0.15) is 45.1 Å². The number of hydrogen-bond donors (Lipinski definition) is 3. The van der Waals surface area contributed by atoms with E-state index in [0.29, 0.717) is 0 Å². The summed E-state index contributed by atoms with van der Waals surface area (Å²) in [7, 11) is 0. The lowest BCUT2D eigenvalue weighted by Crippen LogP contribution is -2.45. The molecule has 1 aliphatic carbocycles. The largest absolute Gasteiger partial charge is 0.504 e. The van der Waals surface area contributed by atoms with Gasteiger partial charge in [0.2, 0.25) is 0 Å². The SMILES string of the molecule is CC(C)(O)C1(c2ccc(O)c(O)c2)CCCC1. The predicted molar refractivity (Wildman–Crippen MR) is 66.2 cm³/mol. The number of phenolic OH excluding ortho intramolecular Hbond substituents is 2. The van der Waals surface area contributed by atoms with Crippen molar-refractivity contribution in [2.24, 2.45) is 0 Å². The number of benzene rings is 1. The van der Waals surface area contributed by atoms with Crippen molar-refractivity contribution < 1.29 is 15.3 Å². The van der Waals surface area contributed by atoms with Crippen molar-refractivity contribution in [1.29, 1.82) is 0 Å². The molecular formula is C14H20O3. The monoisotopic (exact) mass is 236 g/mol. The van der Waals surface area contributed by atoms with E-state index in [1.807, 2.05) is 13.8 Å². The molecule has 0 bridgehead atoms. The zero-order valence-electron chi connectivity index (χ0n) is 10.4. The smallest absolute Gasteiger partial charge is 0.157 e. The molecule has 0 amide bonds. The third-order valence-corrected chi connectivity index (χ3v) is 4.16. The van der Waals surface area contributed by atoms with Crippen LogP contribution in [0.4, 0.5) is 0 Å². The highest BCUT2D eigenvalue weighted by Gasteiger charge is 2.47. The summed E-state index contributed by atoms with van der Waals surface area (Å²) in [6, 6.07) is 4.88. The number of hydrogen-bond acceptors (Lipinski definition) is 3. The average Bonchev–Trinajstić information content (AvgIpc) is 2.71. The molecule has 3 nitrogen and oxygen atoms in total. The van der Waals surface area contributed by atoms with E-state index in [1.54, 1.807) is 12.1 Å². The Morgan fingerprint density at radius 3 is 2.12 bits per heavy atom. The van der Waals surface area contributed by atoms with E-state index in [0.717, 1.165) is 31.2 Å². The van der Waals surface area contributed by atoms with Crippen LogP contribution < -0.4 is 0 Å². The normalized spacial score (nSPS) is 19.5. The molecule has 0 aliphatic heterocycles. The maximum absolute atomic E-state index is 10.4. The Balaban J connectivity index is 2.50. The van der Waals surface area contributed by atoms with Crippen molar-refractivity contribution >= 4 is 0 Å². The molecule has 0 atom stereocenters. The fourth-order valence-electron chi connectivity index (χ4n) is 3.05. The van der Waals surface area contributed by atoms with Gasteiger partial charge < -0.3 is 15.3 Å². The Kier molecular flexibility index (Phi) is 2.82. The number of aromatic hydroxyl groups is 2. The molecule has 1 aliphatic rings. The molecule has 0 radical (unpaired) electrons. The summed E-state index contributed by atoms with van der Waals surface area (Å²) in [6.07, 6.45) is 4.01. The maximum Gasteiger partial charge on any atom is 0.157 e. The van der Waals surface area contributed by atoms with E-state index < -0.39 is 5.60 Å². The molecule has 1 aromatic carbocycles. The van der Waals surface area contributed by atoms with Crippen molar-refractivity contribution in [3.05, 3.63) is 23.8 Å². The molecule has 3 heteroatoms. The van der Waals surface area contributed by atoms with Crippen molar-refractivity contribution in [3.63, 3.8) is 0 Å². The molecule has 0 aromatic heterocycles. The van der Waals surface area contributed by atoms with Crippen molar-refractivity contribution in [2.45, 2.75) is 50.5 Å². The number of phenols is 2. The molecule has 0 unspecified atom stereocenters. The van der Waals surface area contributed by atoms with Gasteiger partial charge in [-0.2, -0.15) is 0 Å². The van der Waals surface area contributed by atoms with Crippen molar-refractivity contribution in [2.75, 3.05) is 0 Å². The molecule has 3 N–H and O–H groups in total. The second-order valence-electron chi connectivity index (χ2n) is 5.55. The third kappa shape index (κ3) is 1.89. The van der Waals surface area contributed by atoms with Crippen LogP contribution in [0.3, 0.4) is 0 Å². The first-order valence-corrected chi connectivity index (χ1v) is 6.12. The fourth-order valence-corrected chi connectivity index (χ4v) is 3.05. The number of aliphatic hydroxyl groups is 1. The van der Waals surface area contributed by atoms with Gasteiger partial charge in [-0.15, -0.1) is 0 Å². The summed E-state index contributed by atoms with van der Waals surface area (Å²) in [5.41, 5.74) is -0.219. The molecule has 17 heavy (non-hydrogen) atoms. The first-order valence-electron chi connectivity index (χ1n) is 6.12. The molecule has 0 spiro atoms. The van der Waals surface area contributed by atoms with Gasteiger partial charge in [-0.25, -0.2) is 0 Å². The van der Waals surface area contributed by atoms with E-state index in [2.05, 4.69) is 0 Å². The molecule has 1 fully saturated rings. The van der Waals surface area contributed by atoms with Gasteiger partial charge in [0.1, 0.15) is 0 Å². The maximum atomic E-state index is 10.4. The van der Waals surface area contributed by atoms with Crippen LogP contribution >= 0.6 is 0 Å². The van der Waals surface area contributed by atoms with Gasteiger partial charge >= 0.3 is 0 Å². The molecule has 0 heterocycles. The highest BCUT2D eigenvalue weighted by Crippen LogP contribution is 2.49. The molecule has 2 rings (SSSR count). The van der Waals surface area contributed by atoms with Crippen LogP contribution in [-0.4, -0.2) is 20.9 Å². The van der Waals surface area contributed by atoms with Gasteiger partial charge in [0.25, 0.3) is 0 Å². The summed E-state index contributed by atoms with van der Waals surface area (Å²) in [5.74, 6) is -0.226. The summed E-state index contributed by atoms with van der Waals surface area (Å²) in [5, 5.41) is 29.4. The lowest BCUT2D eigenvalue weighted by atomic mass is 9.67. The summed E-state index contributed by atoms with van der Waals surface area (Å²) < 4.78 is 0. The first-order chi connectivity index (χ1) is 7.87. The summed E-state index contributed by atoms with van der Waals surface area (Å²) in [4.78, 5) is 0. The van der Waals surface area contributed by atoms with Crippen LogP contribution in [-0.2, 0) is 5.41 Å². The Labute approximate surface area is 102 Å². The van der Waals surface area contributed by atoms with Gasteiger partial charge in [0.05, 0.1) is 5.60 Å². The standard InChI is InChI=1S/C14H20O3/c1-13(2,17)14(7-3-4-8-14)10-5-6-11(15)12(16)9-10/h5-6,9,15-17H,3-4,7-8H2,1-2H3. The second-order valence-corrected chi connectivity index (χ2v) is 5.55. The minimum atomic E-state index is -0.826. The molecular weight excluding hydrogens is 216 g/mol. The Morgan fingerprint density at radius 2 is 1.65 bits per heavy atom. The van der Waals surface area contributed by atoms with Crippen LogP contribution in [0.5, 0.6) is 11.5 Å². The Hall–Kier alpha value is -1.22. The van der Waals surface area contributed by atoms with Crippen LogP contribution in [0.25, 0.3) is 0 Å². The lowest BCUT2D eigenvalue weighted by molar-refractivity contribution is -0.00511. The van der Waals surface area contributed by atoms with Crippen molar-refractivity contribution in [1.82, 2.24) is 0 Å². The average molecular weight is 236 g/mol. The van der Waals surface area contributed by atoms with Crippen LogP contribution in [0, 0.1) is 0 Å². The van der Waals surface area contributed by atoms with Crippen molar-refractivity contribution in [3.8, 4) is 11.5 Å². The van der Waals surface area contributed by atoms with Gasteiger partial charge in [0.15, 0.2) is 11.5 Å². The minimum Gasteiger partial charge on any atom is -0.504 e. The van der Waals surface area contributed by atoms with Gasteiger partial charge in [0, 0.05) is 5.41 Å². The summed E-state index contributed by atoms with van der Waals surface area (Å²) >= 11 is 0. The zero-order chi connectivity index (χ0) is 12.7. The Bertz CT molecular complexity index is 412. The van der Waals surface area contributed by atoms with Gasteiger partial charge in [-0.1, -0.05) is 18.9 Å². The van der Waals surface area contributed by atoms with E-state index in [1.165, 1.54) is 6.07 Å². The molecule has 1 saturated carbocycles. The lowest BCUT2D eigenvalue weighted by Gasteiger charge is -2.41. The highest BCUT2D eigenvalue weighted by atomic mass is 16.3. The quantitative estimate of drug-likeness (QED) is 0.692. The second kappa shape index (κ2) is 3.91. The van der Waals surface area contributed by atoms with E-state index >= 15 is 0 Å². The van der Waals surface area contributed by atoms with E-state index in [-0.39, 0.29) is 16.9 Å². The molecule has 0 saturated heterocycles. The van der Waals surface area contributed by atoms with Crippen LogP contribution in [0.15, 0.2) is 18.2 Å². The Morgan fingerprint density at radius 1 is 1.06 bits per heavy atom.